The summed E-state index contributed by atoms with van der Waals surface area (Å²) < 4.78 is 10.7. The Balaban J connectivity index is 1.66. The molecular formula is C12H15N3O3. The van der Waals surface area contributed by atoms with Gasteiger partial charge in [0, 0.05) is 6.54 Å². The van der Waals surface area contributed by atoms with Crippen molar-refractivity contribution >= 4 is 0 Å². The third-order valence-electron chi connectivity index (χ3n) is 3.04. The van der Waals surface area contributed by atoms with Crippen molar-refractivity contribution in [1.29, 1.82) is 0 Å². The van der Waals surface area contributed by atoms with E-state index in [-0.39, 0.29) is 6.10 Å². The van der Waals surface area contributed by atoms with E-state index < -0.39 is 0 Å². The van der Waals surface area contributed by atoms with Crippen LogP contribution >= 0.6 is 0 Å². The molecule has 1 aliphatic heterocycles. The van der Waals surface area contributed by atoms with Crippen LogP contribution in [0.15, 0.2) is 27.2 Å². The van der Waals surface area contributed by atoms with E-state index in [2.05, 4.69) is 15.1 Å². The summed E-state index contributed by atoms with van der Waals surface area (Å²) in [5.74, 6) is 1.52. The van der Waals surface area contributed by atoms with E-state index in [1.165, 1.54) is 0 Å². The standard InChI is InChI=1S/C12H15N3O3/c16-9-3-1-5-15(7-9)8-11-13-14-12(18-11)10-4-2-6-17-10/h2,4,6,9,16H,1,3,5,7-8H2/t9-/m1/s1. The van der Waals surface area contributed by atoms with Gasteiger partial charge in [0.2, 0.25) is 5.89 Å². The van der Waals surface area contributed by atoms with Crippen molar-refractivity contribution in [2.45, 2.75) is 25.5 Å². The number of hydrogen-bond donors (Lipinski definition) is 1. The number of β-amino-alcohol motifs (C(OH)–C–C–N with tert-alkyl or cyclic N) is 1. The molecule has 2 aromatic heterocycles. The number of hydrogen-bond acceptors (Lipinski definition) is 6. The molecule has 1 saturated heterocycles. The lowest BCUT2D eigenvalue weighted by molar-refractivity contribution is 0.0625. The zero-order valence-electron chi connectivity index (χ0n) is 9.95. The van der Waals surface area contributed by atoms with Crippen LogP contribution in [-0.2, 0) is 6.54 Å². The molecule has 0 spiro atoms. The summed E-state index contributed by atoms with van der Waals surface area (Å²) in [4.78, 5) is 2.12. The summed E-state index contributed by atoms with van der Waals surface area (Å²) in [6.07, 6.45) is 3.20. The second-order valence-corrected chi connectivity index (χ2v) is 4.51. The van der Waals surface area contributed by atoms with Crippen LogP contribution in [0.5, 0.6) is 0 Å². The third kappa shape index (κ3) is 2.44. The first-order valence-corrected chi connectivity index (χ1v) is 6.08. The first kappa shape index (κ1) is 11.4. The predicted octanol–water partition coefficient (Wildman–Crippen LogP) is 1.29. The molecule has 96 valence electrons. The maximum absolute atomic E-state index is 9.59. The highest BCUT2D eigenvalue weighted by Gasteiger charge is 2.20. The molecule has 0 unspecified atom stereocenters. The summed E-state index contributed by atoms with van der Waals surface area (Å²) >= 11 is 0. The van der Waals surface area contributed by atoms with E-state index >= 15 is 0 Å². The zero-order valence-corrected chi connectivity index (χ0v) is 9.95. The Labute approximate surface area is 104 Å². The smallest absolute Gasteiger partial charge is 0.283 e. The minimum Gasteiger partial charge on any atom is -0.459 e. The van der Waals surface area contributed by atoms with Gasteiger partial charge in [-0.05, 0) is 31.5 Å². The van der Waals surface area contributed by atoms with Gasteiger partial charge in [-0.2, -0.15) is 0 Å². The average Bonchev–Trinajstić information content (AvgIpc) is 2.98. The first-order valence-electron chi connectivity index (χ1n) is 6.08. The van der Waals surface area contributed by atoms with Gasteiger partial charge in [-0.1, -0.05) is 0 Å². The highest BCUT2D eigenvalue weighted by atomic mass is 16.4. The third-order valence-corrected chi connectivity index (χ3v) is 3.04. The molecule has 0 bridgehead atoms. The Kier molecular flexibility index (Phi) is 3.12. The number of aliphatic hydroxyl groups is 1. The first-order chi connectivity index (χ1) is 8.81. The summed E-state index contributed by atoms with van der Waals surface area (Å²) in [6, 6.07) is 3.56. The quantitative estimate of drug-likeness (QED) is 0.883. The van der Waals surface area contributed by atoms with Gasteiger partial charge in [-0.25, -0.2) is 0 Å². The predicted molar refractivity (Wildman–Crippen MR) is 62.5 cm³/mol. The fraction of sp³-hybridized carbons (Fsp3) is 0.500. The van der Waals surface area contributed by atoms with Crippen LogP contribution in [0.1, 0.15) is 18.7 Å². The van der Waals surface area contributed by atoms with Crippen LogP contribution in [-0.4, -0.2) is 39.4 Å². The molecule has 1 atom stereocenters. The van der Waals surface area contributed by atoms with Crippen LogP contribution in [0.2, 0.25) is 0 Å². The van der Waals surface area contributed by atoms with Gasteiger partial charge < -0.3 is 13.9 Å². The number of aromatic nitrogens is 2. The van der Waals surface area contributed by atoms with Gasteiger partial charge in [-0.15, -0.1) is 10.2 Å². The topological polar surface area (TPSA) is 75.5 Å². The van der Waals surface area contributed by atoms with Crippen LogP contribution in [0, 0.1) is 0 Å². The molecule has 3 rings (SSSR count). The molecule has 3 heterocycles. The van der Waals surface area contributed by atoms with Crippen molar-refractivity contribution in [2.24, 2.45) is 0 Å². The van der Waals surface area contributed by atoms with Crippen molar-refractivity contribution in [2.75, 3.05) is 13.1 Å². The van der Waals surface area contributed by atoms with Gasteiger partial charge in [0.05, 0.1) is 18.9 Å². The molecule has 6 nitrogen and oxygen atoms in total. The van der Waals surface area contributed by atoms with E-state index in [1.54, 1.807) is 18.4 Å². The van der Waals surface area contributed by atoms with E-state index in [4.69, 9.17) is 8.83 Å². The van der Waals surface area contributed by atoms with Gasteiger partial charge >= 0.3 is 0 Å². The number of nitrogens with zero attached hydrogens (tertiary/aromatic N) is 3. The molecule has 18 heavy (non-hydrogen) atoms. The Morgan fingerprint density at radius 3 is 3.17 bits per heavy atom. The van der Waals surface area contributed by atoms with Gasteiger partial charge in [0.1, 0.15) is 0 Å². The monoisotopic (exact) mass is 249 g/mol. The molecule has 6 heteroatoms. The lowest BCUT2D eigenvalue weighted by Gasteiger charge is -2.28. The number of aliphatic hydroxyl groups excluding tert-OH is 1. The Hall–Kier alpha value is -1.66. The normalized spacial score (nSPS) is 21.3. The molecule has 2 aromatic rings. The fourth-order valence-electron chi connectivity index (χ4n) is 2.18. The minimum absolute atomic E-state index is 0.244. The Morgan fingerprint density at radius 1 is 1.44 bits per heavy atom. The lowest BCUT2D eigenvalue weighted by Crippen LogP contribution is -2.37. The van der Waals surface area contributed by atoms with E-state index in [9.17, 15) is 5.11 Å². The molecular weight excluding hydrogens is 234 g/mol. The lowest BCUT2D eigenvalue weighted by atomic mass is 10.1. The van der Waals surface area contributed by atoms with Gasteiger partial charge in [-0.3, -0.25) is 4.90 Å². The number of furan rings is 1. The van der Waals surface area contributed by atoms with Crippen molar-refractivity contribution in [3.63, 3.8) is 0 Å². The van der Waals surface area contributed by atoms with E-state index in [1.807, 2.05) is 0 Å². The van der Waals surface area contributed by atoms with Crippen LogP contribution in [0.25, 0.3) is 11.7 Å². The molecule has 1 fully saturated rings. The van der Waals surface area contributed by atoms with Crippen molar-refractivity contribution in [3.8, 4) is 11.7 Å². The van der Waals surface area contributed by atoms with Crippen molar-refractivity contribution in [3.05, 3.63) is 24.3 Å². The summed E-state index contributed by atoms with van der Waals surface area (Å²) in [6.45, 7) is 2.19. The largest absolute Gasteiger partial charge is 0.459 e. The highest BCUT2D eigenvalue weighted by molar-refractivity contribution is 5.42. The molecule has 0 amide bonds. The van der Waals surface area contributed by atoms with Gasteiger partial charge in [0.15, 0.2) is 5.76 Å². The molecule has 1 aliphatic rings. The summed E-state index contributed by atoms with van der Waals surface area (Å²) in [7, 11) is 0. The second-order valence-electron chi connectivity index (χ2n) is 4.51. The molecule has 0 radical (unpaired) electrons. The highest BCUT2D eigenvalue weighted by Crippen LogP contribution is 2.19. The molecule has 0 aromatic carbocycles. The number of likely N-dealkylation sites (tertiary alicyclic amines) is 1. The van der Waals surface area contributed by atoms with Crippen LogP contribution in [0.4, 0.5) is 0 Å². The number of rotatable bonds is 3. The van der Waals surface area contributed by atoms with E-state index in [0.717, 1.165) is 19.4 Å². The maximum atomic E-state index is 9.59. The number of piperidine rings is 1. The minimum atomic E-state index is -0.244. The second kappa shape index (κ2) is 4.91. The summed E-state index contributed by atoms with van der Waals surface area (Å²) in [5.41, 5.74) is 0. The molecule has 0 aliphatic carbocycles. The zero-order chi connectivity index (χ0) is 12.4. The maximum Gasteiger partial charge on any atom is 0.283 e. The Morgan fingerprint density at radius 2 is 2.39 bits per heavy atom. The van der Waals surface area contributed by atoms with Crippen molar-refractivity contribution in [1.82, 2.24) is 15.1 Å². The SMILES string of the molecule is O[C@@H]1CCCN(Cc2nnc(-c3ccco3)o2)C1. The fourth-order valence-corrected chi connectivity index (χ4v) is 2.18. The molecule has 1 N–H and O–H groups in total. The molecule has 0 saturated carbocycles. The van der Waals surface area contributed by atoms with Crippen molar-refractivity contribution < 1.29 is 13.9 Å². The van der Waals surface area contributed by atoms with Crippen LogP contribution in [0.3, 0.4) is 0 Å². The average molecular weight is 249 g/mol. The van der Waals surface area contributed by atoms with E-state index in [0.29, 0.717) is 30.6 Å². The Bertz CT molecular complexity index is 494. The van der Waals surface area contributed by atoms with Gasteiger partial charge in [0.25, 0.3) is 5.89 Å². The van der Waals surface area contributed by atoms with Crippen LogP contribution < -0.4 is 0 Å². The summed E-state index contributed by atoms with van der Waals surface area (Å²) in [5, 5.41) is 17.5.